The first-order chi connectivity index (χ1) is 14.9. The fourth-order valence-electron chi connectivity index (χ4n) is 4.30. The molecule has 7 heteroatoms. The van der Waals surface area contributed by atoms with Gasteiger partial charge in [0.15, 0.2) is 0 Å². The van der Waals surface area contributed by atoms with E-state index >= 15 is 0 Å². The van der Waals surface area contributed by atoms with Crippen LogP contribution in [-0.2, 0) is 7.05 Å². The molecule has 1 aromatic carbocycles. The summed E-state index contributed by atoms with van der Waals surface area (Å²) in [6.07, 6.45) is 3.47. The van der Waals surface area contributed by atoms with E-state index in [1.807, 2.05) is 24.9 Å². The summed E-state index contributed by atoms with van der Waals surface area (Å²) in [5.41, 5.74) is 1.04. The van der Waals surface area contributed by atoms with Gasteiger partial charge in [-0.1, -0.05) is 19.1 Å². The molecule has 0 saturated carbocycles. The second kappa shape index (κ2) is 9.24. The van der Waals surface area contributed by atoms with E-state index < -0.39 is 6.10 Å². The van der Waals surface area contributed by atoms with Gasteiger partial charge in [-0.2, -0.15) is 0 Å². The predicted octanol–water partition coefficient (Wildman–Crippen LogP) is 3.86. The van der Waals surface area contributed by atoms with E-state index in [0.717, 1.165) is 50.7 Å². The van der Waals surface area contributed by atoms with E-state index in [-0.39, 0.29) is 5.82 Å². The highest BCUT2D eigenvalue weighted by molar-refractivity contribution is 5.57. The van der Waals surface area contributed by atoms with Gasteiger partial charge < -0.3 is 19.0 Å². The first-order valence-corrected chi connectivity index (χ1v) is 10.9. The molecule has 31 heavy (non-hydrogen) atoms. The Morgan fingerprint density at radius 2 is 1.94 bits per heavy atom. The fraction of sp³-hybridized carbons (Fsp3) is 0.458. The zero-order chi connectivity index (χ0) is 22.0. The van der Waals surface area contributed by atoms with Gasteiger partial charge >= 0.3 is 0 Å². The van der Waals surface area contributed by atoms with Crippen LogP contribution < -0.4 is 4.90 Å². The third-order valence-corrected chi connectivity index (χ3v) is 6.23. The van der Waals surface area contributed by atoms with Gasteiger partial charge in [0.25, 0.3) is 0 Å². The molecule has 0 spiro atoms. The van der Waals surface area contributed by atoms with Crippen molar-refractivity contribution in [1.82, 2.24) is 14.5 Å². The molecule has 3 heterocycles. The topological polar surface area (TPSA) is 57.7 Å². The largest absolute Gasteiger partial charge is 0.466 e. The summed E-state index contributed by atoms with van der Waals surface area (Å²) in [5.74, 6) is 2.56. The third-order valence-electron chi connectivity index (χ3n) is 6.23. The highest BCUT2D eigenvalue weighted by atomic mass is 19.1. The van der Waals surface area contributed by atoms with Crippen molar-refractivity contribution in [1.29, 1.82) is 0 Å². The number of nitrogens with zero attached hydrogens (tertiary/aromatic N) is 4. The van der Waals surface area contributed by atoms with Crippen molar-refractivity contribution in [2.45, 2.75) is 32.3 Å². The highest BCUT2D eigenvalue weighted by Crippen LogP contribution is 2.33. The van der Waals surface area contributed by atoms with E-state index in [0.29, 0.717) is 23.0 Å². The molecule has 0 aliphatic carbocycles. The van der Waals surface area contributed by atoms with E-state index in [1.165, 1.54) is 6.07 Å². The molecule has 2 atom stereocenters. The first-order valence-electron chi connectivity index (χ1n) is 10.9. The number of aliphatic hydroxyl groups is 1. The average molecular weight is 427 g/mol. The maximum absolute atomic E-state index is 14.9. The van der Waals surface area contributed by atoms with Gasteiger partial charge in [-0.05, 0) is 38.1 Å². The van der Waals surface area contributed by atoms with Crippen LogP contribution in [0.25, 0.3) is 0 Å². The minimum Gasteiger partial charge on any atom is -0.466 e. The number of anilines is 1. The molecule has 0 unspecified atom stereocenters. The molecular formula is C24H31FN4O2. The molecule has 1 saturated heterocycles. The number of hydrogen-bond acceptors (Lipinski definition) is 5. The SMILES string of the molecule is Cc1ccc([C@H](C)CCN2CCN(c3c(F)cccc3[C@H](O)c3nccn3C)CC2)o1. The molecule has 1 N–H and O–H groups in total. The fourth-order valence-corrected chi connectivity index (χ4v) is 4.30. The number of hydrogen-bond donors (Lipinski definition) is 1. The molecule has 0 amide bonds. The Kier molecular flexibility index (Phi) is 6.43. The van der Waals surface area contributed by atoms with Gasteiger partial charge in [0.05, 0.1) is 5.69 Å². The number of aliphatic hydroxyl groups excluding tert-OH is 1. The first kappa shape index (κ1) is 21.6. The summed E-state index contributed by atoms with van der Waals surface area (Å²) in [4.78, 5) is 8.71. The number of imidazole rings is 1. The maximum Gasteiger partial charge on any atom is 0.146 e. The normalized spacial score (nSPS) is 17.1. The minimum atomic E-state index is -0.971. The van der Waals surface area contributed by atoms with Crippen LogP contribution in [0.4, 0.5) is 10.1 Å². The zero-order valence-corrected chi connectivity index (χ0v) is 18.5. The van der Waals surface area contributed by atoms with Gasteiger partial charge in [-0.25, -0.2) is 9.37 Å². The lowest BCUT2D eigenvalue weighted by Gasteiger charge is -2.37. The van der Waals surface area contributed by atoms with E-state index in [1.54, 1.807) is 29.1 Å². The highest BCUT2D eigenvalue weighted by Gasteiger charge is 2.27. The number of halogens is 1. The zero-order valence-electron chi connectivity index (χ0n) is 18.5. The lowest BCUT2D eigenvalue weighted by molar-refractivity contribution is 0.205. The van der Waals surface area contributed by atoms with Crippen molar-refractivity contribution in [3.8, 4) is 0 Å². The van der Waals surface area contributed by atoms with E-state index in [4.69, 9.17) is 4.42 Å². The maximum atomic E-state index is 14.9. The monoisotopic (exact) mass is 426 g/mol. The lowest BCUT2D eigenvalue weighted by atomic mass is 10.0. The Morgan fingerprint density at radius 1 is 1.16 bits per heavy atom. The summed E-state index contributed by atoms with van der Waals surface area (Å²) in [7, 11) is 1.83. The lowest BCUT2D eigenvalue weighted by Crippen LogP contribution is -2.47. The van der Waals surface area contributed by atoms with Crippen LogP contribution in [0.15, 0.2) is 47.1 Å². The number of rotatable bonds is 7. The second-order valence-corrected chi connectivity index (χ2v) is 8.44. The van der Waals surface area contributed by atoms with Crippen LogP contribution in [0.3, 0.4) is 0 Å². The van der Waals surface area contributed by atoms with Crippen molar-refractivity contribution >= 4 is 5.69 Å². The Bertz CT molecular complexity index is 1010. The summed E-state index contributed by atoms with van der Waals surface area (Å²) in [6, 6.07) is 8.97. The van der Waals surface area contributed by atoms with Crippen LogP contribution in [0.2, 0.25) is 0 Å². The van der Waals surface area contributed by atoms with Gasteiger partial charge in [0.2, 0.25) is 0 Å². The van der Waals surface area contributed by atoms with Crippen LogP contribution in [0.1, 0.15) is 48.3 Å². The quantitative estimate of drug-likeness (QED) is 0.622. The van der Waals surface area contributed by atoms with Gasteiger partial charge in [-0.3, -0.25) is 4.90 Å². The molecule has 1 aliphatic heterocycles. The number of para-hydroxylation sites is 1. The summed E-state index contributed by atoms with van der Waals surface area (Å²) in [6.45, 7) is 8.29. The van der Waals surface area contributed by atoms with E-state index in [9.17, 15) is 9.50 Å². The standard InChI is InChI=1S/C24H31FN4O2/c1-17(21-8-7-18(2)31-21)9-11-28-13-15-29(16-14-28)22-19(5-4-6-20(22)25)23(30)24-26-10-12-27(24)3/h4-8,10,12,17,23,30H,9,11,13-16H2,1-3H3/t17-,23+/m1/s1. The molecule has 2 aromatic heterocycles. The number of benzene rings is 1. The molecule has 1 aliphatic rings. The molecule has 166 valence electrons. The van der Waals surface area contributed by atoms with Crippen molar-refractivity contribution in [3.63, 3.8) is 0 Å². The summed E-state index contributed by atoms with van der Waals surface area (Å²) >= 11 is 0. The smallest absolute Gasteiger partial charge is 0.146 e. The van der Waals surface area contributed by atoms with Gasteiger partial charge in [0.1, 0.15) is 29.3 Å². The molecule has 3 aromatic rings. The molecule has 4 rings (SSSR count). The van der Waals surface area contributed by atoms with Gasteiger partial charge in [0, 0.05) is 57.1 Å². The number of furan rings is 1. The van der Waals surface area contributed by atoms with Crippen LogP contribution in [-0.4, -0.2) is 52.3 Å². The van der Waals surface area contributed by atoms with Crippen molar-refractivity contribution < 1.29 is 13.9 Å². The van der Waals surface area contributed by atoms with Crippen molar-refractivity contribution in [2.75, 3.05) is 37.6 Å². The predicted molar refractivity (Wildman–Crippen MR) is 119 cm³/mol. The average Bonchev–Trinajstić information content (AvgIpc) is 3.40. The molecule has 1 fully saturated rings. The summed E-state index contributed by atoms with van der Waals surface area (Å²) < 4.78 is 22.4. The number of aryl methyl sites for hydroxylation is 2. The van der Waals surface area contributed by atoms with Crippen molar-refractivity contribution in [3.05, 3.63) is 71.5 Å². The van der Waals surface area contributed by atoms with Crippen LogP contribution >= 0.6 is 0 Å². The Hall–Kier alpha value is -2.64. The molecule has 0 radical (unpaired) electrons. The van der Waals surface area contributed by atoms with Crippen LogP contribution in [0.5, 0.6) is 0 Å². The number of aromatic nitrogens is 2. The van der Waals surface area contributed by atoms with E-state index in [2.05, 4.69) is 22.9 Å². The van der Waals surface area contributed by atoms with Crippen molar-refractivity contribution in [2.24, 2.45) is 7.05 Å². The Labute approximate surface area is 182 Å². The third kappa shape index (κ3) is 4.67. The Balaban J connectivity index is 1.40. The van der Waals surface area contributed by atoms with Gasteiger partial charge in [-0.15, -0.1) is 0 Å². The molecule has 0 bridgehead atoms. The summed E-state index contributed by atoms with van der Waals surface area (Å²) in [5, 5.41) is 10.9. The minimum absolute atomic E-state index is 0.305. The Morgan fingerprint density at radius 3 is 2.58 bits per heavy atom. The molecular weight excluding hydrogens is 395 g/mol. The molecule has 6 nitrogen and oxygen atoms in total. The second-order valence-electron chi connectivity index (χ2n) is 8.44. The van der Waals surface area contributed by atoms with Crippen LogP contribution in [0, 0.1) is 12.7 Å². The number of piperazine rings is 1.